The maximum absolute atomic E-state index is 5.79. The van der Waals surface area contributed by atoms with Gasteiger partial charge >= 0.3 is 0 Å². The lowest BCUT2D eigenvalue weighted by molar-refractivity contribution is 0.297. The number of nitrogens with one attached hydrogen (secondary N) is 1. The molecular weight excluding hydrogens is 282 g/mol. The quantitative estimate of drug-likeness (QED) is 0.863. The number of benzene rings is 1. The summed E-state index contributed by atoms with van der Waals surface area (Å²) in [4.78, 5) is 0. The first kappa shape index (κ1) is 16.5. The van der Waals surface area contributed by atoms with E-state index in [1.807, 2.05) is 24.9 Å². The topological polar surface area (TPSA) is 30.5 Å². The summed E-state index contributed by atoms with van der Waals surface area (Å²) in [5, 5.41) is 4.09. The Kier molecular flexibility index (Phi) is 6.24. The minimum absolute atomic E-state index is 0.341. The van der Waals surface area contributed by atoms with Crippen molar-refractivity contribution in [3.63, 3.8) is 0 Å². The highest BCUT2D eigenvalue weighted by Gasteiger charge is 2.17. The van der Waals surface area contributed by atoms with E-state index in [1.54, 1.807) is 0 Å². The number of hydrogen-bond acceptors (Lipinski definition) is 4. The van der Waals surface area contributed by atoms with Gasteiger partial charge in [-0.05, 0) is 30.7 Å². The van der Waals surface area contributed by atoms with E-state index in [2.05, 4.69) is 38.2 Å². The van der Waals surface area contributed by atoms with Gasteiger partial charge in [0.25, 0.3) is 0 Å². The summed E-state index contributed by atoms with van der Waals surface area (Å²) in [7, 11) is 2.02. The molecule has 4 heteroatoms. The maximum atomic E-state index is 5.79. The predicted molar refractivity (Wildman–Crippen MR) is 90.6 cm³/mol. The van der Waals surface area contributed by atoms with Gasteiger partial charge in [0, 0.05) is 23.5 Å². The van der Waals surface area contributed by atoms with Crippen LogP contribution in [-0.4, -0.2) is 31.3 Å². The van der Waals surface area contributed by atoms with Crippen molar-refractivity contribution < 1.29 is 9.47 Å². The lowest BCUT2D eigenvalue weighted by Gasteiger charge is -2.21. The highest BCUT2D eigenvalue weighted by molar-refractivity contribution is 7.99. The molecule has 0 saturated carbocycles. The van der Waals surface area contributed by atoms with Gasteiger partial charge in [0.2, 0.25) is 0 Å². The van der Waals surface area contributed by atoms with Crippen molar-refractivity contribution in [2.75, 3.05) is 26.0 Å². The van der Waals surface area contributed by atoms with Gasteiger partial charge in [-0.2, -0.15) is 11.8 Å². The van der Waals surface area contributed by atoms with Crippen LogP contribution in [0.3, 0.4) is 0 Å². The average Bonchev–Trinajstić information content (AvgIpc) is 2.72. The fourth-order valence-corrected chi connectivity index (χ4v) is 3.42. The lowest BCUT2D eigenvalue weighted by atomic mass is 10.1. The number of fused-ring (bicyclic) bond motifs is 1. The molecule has 1 aliphatic heterocycles. The zero-order valence-electron chi connectivity index (χ0n) is 13.5. The molecule has 1 aliphatic rings. The Hall–Kier alpha value is -0.870. The third-order valence-electron chi connectivity index (χ3n) is 3.99. The molecule has 1 aromatic carbocycles. The SMILES string of the molecule is CNC(CSC(C)C(C)C)c1ccc2c(c1)OCCCO2. The van der Waals surface area contributed by atoms with E-state index in [0.717, 1.165) is 36.9 Å². The van der Waals surface area contributed by atoms with Gasteiger partial charge in [-0.25, -0.2) is 0 Å². The molecule has 2 atom stereocenters. The molecule has 1 heterocycles. The van der Waals surface area contributed by atoms with E-state index in [1.165, 1.54) is 5.56 Å². The Morgan fingerprint density at radius 2 is 1.86 bits per heavy atom. The van der Waals surface area contributed by atoms with Gasteiger partial charge < -0.3 is 14.8 Å². The first-order valence-electron chi connectivity index (χ1n) is 7.80. The van der Waals surface area contributed by atoms with Crippen LogP contribution in [0.4, 0.5) is 0 Å². The molecule has 0 spiro atoms. The number of rotatable bonds is 6. The Labute approximate surface area is 132 Å². The summed E-state index contributed by atoms with van der Waals surface area (Å²) in [6, 6.07) is 6.66. The Morgan fingerprint density at radius 3 is 2.52 bits per heavy atom. The largest absolute Gasteiger partial charge is 0.490 e. The van der Waals surface area contributed by atoms with E-state index >= 15 is 0 Å². The van der Waals surface area contributed by atoms with E-state index in [9.17, 15) is 0 Å². The highest BCUT2D eigenvalue weighted by atomic mass is 32.2. The van der Waals surface area contributed by atoms with E-state index in [4.69, 9.17) is 9.47 Å². The molecule has 0 radical (unpaired) electrons. The van der Waals surface area contributed by atoms with Crippen molar-refractivity contribution in [1.29, 1.82) is 0 Å². The third kappa shape index (κ3) is 4.55. The molecule has 2 unspecified atom stereocenters. The van der Waals surface area contributed by atoms with E-state index in [0.29, 0.717) is 17.2 Å². The predicted octanol–water partition coefficient (Wildman–Crippen LogP) is 3.89. The van der Waals surface area contributed by atoms with Crippen molar-refractivity contribution in [1.82, 2.24) is 5.32 Å². The normalized spacial score (nSPS) is 17.4. The molecule has 3 nitrogen and oxygen atoms in total. The van der Waals surface area contributed by atoms with Gasteiger partial charge in [-0.15, -0.1) is 0 Å². The second-order valence-electron chi connectivity index (χ2n) is 5.88. The Morgan fingerprint density at radius 1 is 1.14 bits per heavy atom. The summed E-state index contributed by atoms with van der Waals surface area (Å²) in [6.45, 7) is 8.33. The monoisotopic (exact) mass is 309 g/mol. The second-order valence-corrected chi connectivity index (χ2v) is 7.29. The van der Waals surface area contributed by atoms with Crippen LogP contribution < -0.4 is 14.8 Å². The minimum atomic E-state index is 0.341. The van der Waals surface area contributed by atoms with Gasteiger partial charge in [-0.3, -0.25) is 0 Å². The first-order valence-corrected chi connectivity index (χ1v) is 8.85. The van der Waals surface area contributed by atoms with Crippen molar-refractivity contribution in [3.05, 3.63) is 23.8 Å². The van der Waals surface area contributed by atoms with Gasteiger partial charge in [0.15, 0.2) is 11.5 Å². The van der Waals surface area contributed by atoms with Crippen molar-refractivity contribution in [2.24, 2.45) is 5.92 Å². The molecule has 0 bridgehead atoms. The maximum Gasteiger partial charge on any atom is 0.161 e. The van der Waals surface area contributed by atoms with Crippen LogP contribution in [0.2, 0.25) is 0 Å². The number of ether oxygens (including phenoxy) is 2. The number of hydrogen-bond donors (Lipinski definition) is 1. The van der Waals surface area contributed by atoms with Crippen molar-refractivity contribution in [3.8, 4) is 11.5 Å². The molecule has 0 amide bonds. The Balaban J connectivity index is 2.06. The fourth-order valence-electron chi connectivity index (χ4n) is 2.18. The zero-order chi connectivity index (χ0) is 15.2. The summed E-state index contributed by atoms with van der Waals surface area (Å²) in [5.74, 6) is 3.52. The van der Waals surface area contributed by atoms with E-state index in [-0.39, 0.29) is 0 Å². The average molecular weight is 309 g/mol. The van der Waals surface area contributed by atoms with Gasteiger partial charge in [0.05, 0.1) is 13.2 Å². The Bertz CT molecular complexity index is 450. The molecule has 1 N–H and O–H groups in total. The van der Waals surface area contributed by atoms with Gasteiger partial charge in [-0.1, -0.05) is 26.8 Å². The fraction of sp³-hybridized carbons (Fsp3) is 0.647. The van der Waals surface area contributed by atoms with E-state index < -0.39 is 0 Å². The van der Waals surface area contributed by atoms with Crippen LogP contribution in [0, 0.1) is 5.92 Å². The van der Waals surface area contributed by atoms with Crippen LogP contribution in [0.25, 0.3) is 0 Å². The van der Waals surface area contributed by atoms with Crippen molar-refractivity contribution >= 4 is 11.8 Å². The molecule has 0 aliphatic carbocycles. The molecule has 2 rings (SSSR count). The van der Waals surface area contributed by atoms with Crippen LogP contribution >= 0.6 is 11.8 Å². The number of thioether (sulfide) groups is 1. The third-order valence-corrected chi connectivity index (χ3v) is 5.58. The molecule has 0 saturated heterocycles. The standard InChI is InChI=1S/C17H27NO2S/c1-12(2)13(3)21-11-15(18-4)14-6-7-16-17(10-14)20-9-5-8-19-16/h6-7,10,12-13,15,18H,5,8-9,11H2,1-4H3. The lowest BCUT2D eigenvalue weighted by Crippen LogP contribution is -2.20. The molecule has 1 aromatic rings. The molecule has 0 fully saturated rings. The van der Waals surface area contributed by atoms with Crippen LogP contribution in [0.5, 0.6) is 11.5 Å². The van der Waals surface area contributed by atoms with Crippen LogP contribution in [0.1, 0.15) is 38.8 Å². The highest BCUT2D eigenvalue weighted by Crippen LogP contribution is 2.33. The minimum Gasteiger partial charge on any atom is -0.490 e. The molecule has 0 aromatic heterocycles. The van der Waals surface area contributed by atoms with Crippen molar-refractivity contribution in [2.45, 2.75) is 38.5 Å². The smallest absolute Gasteiger partial charge is 0.161 e. The van der Waals surface area contributed by atoms with Gasteiger partial charge in [0.1, 0.15) is 0 Å². The molecule has 118 valence electrons. The summed E-state index contributed by atoms with van der Waals surface area (Å²) in [6.07, 6.45) is 0.946. The first-order chi connectivity index (χ1) is 10.1. The van der Waals surface area contributed by atoms with Crippen LogP contribution in [0.15, 0.2) is 18.2 Å². The summed E-state index contributed by atoms with van der Waals surface area (Å²) in [5.41, 5.74) is 1.27. The zero-order valence-corrected chi connectivity index (χ0v) is 14.3. The summed E-state index contributed by atoms with van der Waals surface area (Å²) < 4.78 is 11.5. The molecule has 21 heavy (non-hydrogen) atoms. The van der Waals surface area contributed by atoms with Crippen LogP contribution in [-0.2, 0) is 0 Å². The second kappa shape index (κ2) is 7.95. The molecular formula is C17H27NO2S. The summed E-state index contributed by atoms with van der Waals surface area (Å²) >= 11 is 2.02.